The number of halogens is 1. The van der Waals surface area contributed by atoms with Gasteiger partial charge in [-0.25, -0.2) is 4.57 Å². The molecule has 1 heterocycles. The van der Waals surface area contributed by atoms with E-state index in [1.807, 2.05) is 29.3 Å². The Morgan fingerprint density at radius 1 is 0.875 bits per heavy atom. The molecule has 0 saturated heterocycles. The van der Waals surface area contributed by atoms with Crippen LogP contribution in [-0.4, -0.2) is 6.61 Å². The Bertz CT molecular complexity index is 1200. The van der Waals surface area contributed by atoms with Crippen LogP contribution in [0.5, 0.6) is 17.2 Å². The maximum atomic E-state index is 12.6. The lowest BCUT2D eigenvalue weighted by Crippen LogP contribution is -2.30. The highest BCUT2D eigenvalue weighted by Gasteiger charge is 2.17. The van der Waals surface area contributed by atoms with Crippen molar-refractivity contribution in [3.8, 4) is 17.2 Å². The molecule has 3 aromatic rings. The molecule has 0 spiro atoms. The lowest BCUT2D eigenvalue weighted by atomic mass is 10.1. The zero-order chi connectivity index (χ0) is 28.6. The molecule has 0 saturated carbocycles. The molecule has 3 rings (SSSR count). The van der Waals surface area contributed by atoms with Crippen LogP contribution in [-0.2, 0) is 11.1 Å². The highest BCUT2D eigenvalue weighted by atomic mass is 35.5. The van der Waals surface area contributed by atoms with Crippen molar-refractivity contribution in [3.05, 3.63) is 69.6 Å². The molecule has 40 heavy (non-hydrogen) atoms. The molecule has 0 N–H and O–H groups in total. The molecule has 1 atom stereocenters. The minimum atomic E-state index is -4.71. The molecule has 0 aliphatic carbocycles. The molecule has 6 nitrogen and oxygen atoms in total. The number of hydrogen-bond acceptors (Lipinski definition) is 6. The Balaban J connectivity index is 1.34. The first kappa shape index (κ1) is 32.5. The Hall–Kier alpha value is -2.05. The molecule has 0 bridgehead atoms. The van der Waals surface area contributed by atoms with E-state index in [9.17, 15) is 9.46 Å². The van der Waals surface area contributed by atoms with Crippen LogP contribution in [0.2, 0.25) is 5.02 Å². The maximum Gasteiger partial charge on any atom is 0.372 e. The fraction of sp³-hybridized carbons (Fsp3) is 0.516. The van der Waals surface area contributed by atoms with Crippen LogP contribution in [0.1, 0.15) is 94.4 Å². The Morgan fingerprint density at radius 3 is 2.17 bits per heavy atom. The quantitative estimate of drug-likeness (QED) is 0.0728. The van der Waals surface area contributed by atoms with Gasteiger partial charge in [-0.2, -0.15) is 4.57 Å². The Labute approximate surface area is 248 Å². The van der Waals surface area contributed by atoms with Gasteiger partial charge in [0.05, 0.1) is 16.5 Å². The Morgan fingerprint density at radius 2 is 1.55 bits per heavy atom. The number of nitrogens with zero attached hydrogens (tertiary/aromatic N) is 1. The molecule has 0 fully saturated rings. The summed E-state index contributed by atoms with van der Waals surface area (Å²) in [7, 11) is -4.71. The number of unbranched alkanes of at least 4 members (excludes halogenated alkanes) is 11. The van der Waals surface area contributed by atoms with E-state index in [-0.39, 0.29) is 16.5 Å². The van der Waals surface area contributed by atoms with Crippen LogP contribution in [0.3, 0.4) is 0 Å². The van der Waals surface area contributed by atoms with Crippen molar-refractivity contribution in [3.63, 3.8) is 0 Å². The monoisotopic (exact) mass is 607 g/mol. The lowest BCUT2D eigenvalue weighted by Gasteiger charge is -2.24. The molecule has 2 aromatic carbocycles. The van der Waals surface area contributed by atoms with Crippen LogP contribution in [0.4, 0.5) is 0 Å². The Kier molecular flexibility index (Phi) is 14.4. The summed E-state index contributed by atoms with van der Waals surface area (Å²) in [6, 6.07) is 11.6. The first-order valence-corrected chi connectivity index (χ1v) is 17.2. The average Bonchev–Trinajstić information content (AvgIpc) is 3.32. The SMILES string of the molecule is CCCCCCCCCCCCCCOc1ccc(OP(=O)([O-])Oc2cccc(C[n+]3csc(C)c3)c2)c(Cl)c1. The third-order valence-corrected chi connectivity index (χ3v) is 8.59. The van der Waals surface area contributed by atoms with E-state index in [2.05, 4.69) is 6.92 Å². The van der Waals surface area contributed by atoms with Crippen molar-refractivity contribution in [1.29, 1.82) is 0 Å². The number of phosphoric ester groups is 1. The standard InChI is InChI=1S/C31H43ClNO5PS/c1-3-4-5-6-7-8-9-10-11-12-13-14-20-36-28-18-19-31(30(32)22-28)38-39(34,35)37-29-17-15-16-27(21-29)24-33-23-26(2)40-25-33/h15-19,21-23,25H,3-14,20,24H2,1-2H3. The third kappa shape index (κ3) is 12.6. The molecule has 0 radical (unpaired) electrons. The van der Waals surface area contributed by atoms with Gasteiger partial charge in [-0.15, -0.1) is 0 Å². The van der Waals surface area contributed by atoms with Crippen molar-refractivity contribution in [1.82, 2.24) is 0 Å². The van der Waals surface area contributed by atoms with E-state index in [0.29, 0.717) is 18.9 Å². The summed E-state index contributed by atoms with van der Waals surface area (Å²) < 4.78 is 30.8. The van der Waals surface area contributed by atoms with Gasteiger partial charge in [0.1, 0.15) is 17.2 Å². The highest BCUT2D eigenvalue weighted by molar-refractivity contribution is 7.46. The number of thiazole rings is 1. The zero-order valence-corrected chi connectivity index (χ0v) is 26.3. The van der Waals surface area contributed by atoms with Gasteiger partial charge in [0.2, 0.25) is 5.51 Å². The van der Waals surface area contributed by atoms with Gasteiger partial charge < -0.3 is 18.7 Å². The van der Waals surface area contributed by atoms with Crippen molar-refractivity contribution >= 4 is 30.8 Å². The molecule has 1 aromatic heterocycles. The normalized spacial score (nSPS) is 12.7. The van der Waals surface area contributed by atoms with Crippen LogP contribution < -0.4 is 23.2 Å². The molecular weight excluding hydrogens is 565 g/mol. The average molecular weight is 608 g/mol. The van der Waals surface area contributed by atoms with Gasteiger partial charge in [0.15, 0.2) is 12.7 Å². The van der Waals surface area contributed by atoms with E-state index < -0.39 is 7.82 Å². The second kappa shape index (κ2) is 17.7. The summed E-state index contributed by atoms with van der Waals surface area (Å²) in [4.78, 5) is 13.8. The molecular formula is C31H43ClNO5PS. The predicted octanol–water partition coefficient (Wildman–Crippen LogP) is 9.05. The molecule has 0 amide bonds. The van der Waals surface area contributed by atoms with E-state index in [0.717, 1.165) is 18.4 Å². The largest absolute Gasteiger partial charge is 0.736 e. The van der Waals surface area contributed by atoms with Gasteiger partial charge in [0.25, 0.3) is 0 Å². The molecule has 9 heteroatoms. The van der Waals surface area contributed by atoms with Crippen LogP contribution in [0.15, 0.2) is 54.2 Å². The lowest BCUT2D eigenvalue weighted by molar-refractivity contribution is -0.683. The predicted molar refractivity (Wildman–Crippen MR) is 162 cm³/mol. The van der Waals surface area contributed by atoms with E-state index in [1.165, 1.54) is 75.2 Å². The summed E-state index contributed by atoms with van der Waals surface area (Å²) in [6.07, 6.45) is 17.5. The second-order valence-corrected chi connectivity index (χ2v) is 13.0. The second-order valence-electron chi connectivity index (χ2n) is 10.2. The van der Waals surface area contributed by atoms with Crippen molar-refractivity contribution < 1.29 is 27.8 Å². The minimum absolute atomic E-state index is 0.00169. The highest BCUT2D eigenvalue weighted by Crippen LogP contribution is 2.43. The smallest absolute Gasteiger partial charge is 0.372 e. The number of ether oxygens (including phenoxy) is 1. The van der Waals surface area contributed by atoms with Crippen LogP contribution >= 0.6 is 30.8 Å². The van der Waals surface area contributed by atoms with Crippen LogP contribution in [0, 0.1) is 6.92 Å². The van der Waals surface area contributed by atoms with Crippen molar-refractivity contribution in [2.45, 2.75) is 97.4 Å². The number of aryl methyl sites for hydroxylation is 1. The first-order chi connectivity index (χ1) is 19.3. The number of rotatable bonds is 20. The number of hydrogen-bond donors (Lipinski definition) is 0. The summed E-state index contributed by atoms with van der Waals surface area (Å²) in [5.41, 5.74) is 2.92. The van der Waals surface area contributed by atoms with Gasteiger partial charge >= 0.3 is 7.82 Å². The number of phosphoric acid groups is 1. The van der Waals surface area contributed by atoms with Gasteiger partial charge in [0, 0.05) is 11.6 Å². The molecule has 1 unspecified atom stereocenters. The number of aromatic nitrogens is 1. The topological polar surface area (TPSA) is 71.7 Å². The summed E-state index contributed by atoms with van der Waals surface area (Å²) >= 11 is 7.94. The number of benzene rings is 2. The summed E-state index contributed by atoms with van der Waals surface area (Å²) in [6.45, 7) is 5.50. The molecule has 220 valence electrons. The maximum absolute atomic E-state index is 12.6. The van der Waals surface area contributed by atoms with E-state index in [1.54, 1.807) is 41.7 Å². The van der Waals surface area contributed by atoms with Gasteiger partial charge in [-0.1, -0.05) is 113 Å². The van der Waals surface area contributed by atoms with Gasteiger partial charge in [-0.3, -0.25) is 0 Å². The third-order valence-electron chi connectivity index (χ3n) is 6.58. The van der Waals surface area contributed by atoms with Crippen molar-refractivity contribution in [2.75, 3.05) is 6.61 Å². The van der Waals surface area contributed by atoms with Gasteiger partial charge in [-0.05, 0) is 37.6 Å². The molecule has 0 aliphatic rings. The van der Waals surface area contributed by atoms with Crippen LogP contribution in [0.25, 0.3) is 0 Å². The minimum Gasteiger partial charge on any atom is -0.736 e. The van der Waals surface area contributed by atoms with E-state index in [4.69, 9.17) is 25.4 Å². The fourth-order valence-corrected chi connectivity index (χ4v) is 6.19. The molecule has 0 aliphatic heterocycles. The van der Waals surface area contributed by atoms with E-state index >= 15 is 0 Å². The summed E-state index contributed by atoms with van der Waals surface area (Å²) in [5.74, 6) is 0.760. The first-order valence-electron chi connectivity index (χ1n) is 14.5. The fourth-order valence-electron chi connectivity index (χ4n) is 4.49. The summed E-state index contributed by atoms with van der Waals surface area (Å²) in [5, 5.41) is 0.143. The van der Waals surface area contributed by atoms with Crippen molar-refractivity contribution in [2.24, 2.45) is 0 Å². The zero-order valence-electron chi connectivity index (χ0n) is 23.8.